The molecule has 46 heavy (non-hydrogen) atoms. The van der Waals surface area contributed by atoms with Crippen molar-refractivity contribution in [3.05, 3.63) is 88.5 Å². The number of methoxy groups -OCH3 is 4. The summed E-state index contributed by atoms with van der Waals surface area (Å²) in [5.74, 6) is 0.0717. The highest BCUT2D eigenvalue weighted by Gasteiger charge is 2.56. The number of carbonyl (C=O) groups is 3. The number of hydrogen-bond donors (Lipinski definition) is 0. The molecule has 0 saturated heterocycles. The predicted octanol–water partition coefficient (Wildman–Crippen LogP) is 5.83. The van der Waals surface area contributed by atoms with Crippen molar-refractivity contribution in [2.24, 2.45) is 0 Å². The molecule has 0 unspecified atom stereocenters. The van der Waals surface area contributed by atoms with Gasteiger partial charge in [-0.3, -0.25) is 4.79 Å². The van der Waals surface area contributed by atoms with E-state index in [1.165, 1.54) is 28.4 Å². The maximum Gasteiger partial charge on any atom is 0.338 e. The molecule has 1 fully saturated rings. The molecule has 1 radical (unpaired) electrons. The number of esters is 3. The fraction of sp³-hybridized carbons (Fsp3) is 0.250. The highest BCUT2D eigenvalue weighted by molar-refractivity contribution is 5.98. The lowest BCUT2D eigenvalue weighted by Crippen LogP contribution is -2.27. The second-order valence-electron chi connectivity index (χ2n) is 11.1. The van der Waals surface area contributed by atoms with Crippen LogP contribution >= 0.6 is 0 Å². The Hall–Kier alpha value is -5.51. The van der Waals surface area contributed by atoms with Crippen molar-refractivity contribution in [2.45, 2.75) is 31.5 Å². The van der Waals surface area contributed by atoms with Crippen LogP contribution in [-0.4, -0.2) is 46.3 Å². The Morgan fingerprint density at radius 2 is 1.30 bits per heavy atom. The number of cyclic esters (lactones) is 2. The Balaban J connectivity index is 1.35. The van der Waals surface area contributed by atoms with E-state index in [-0.39, 0.29) is 30.7 Å². The van der Waals surface area contributed by atoms with Crippen LogP contribution in [0.3, 0.4) is 0 Å². The molecule has 3 aliphatic rings. The van der Waals surface area contributed by atoms with Crippen LogP contribution in [-0.2, 0) is 32.9 Å². The standard InChI is InChI=1S/C36H29O10/c1-40-28-12-11-22(21-8-6-10-24-26(21)18-45-34(24)38)30(32(28)43-4)46-35(39)36(13-14-36)27-15-19(16-29(41-2)31(27)42-3)20-7-5-9-23-25(20)17-44-33(23)37/h5-12,15H,13-14,17-18H2,1-4H3. The van der Waals surface area contributed by atoms with E-state index in [1.54, 1.807) is 36.4 Å². The molecular weight excluding hydrogens is 592 g/mol. The van der Waals surface area contributed by atoms with Crippen LogP contribution in [0.4, 0.5) is 0 Å². The monoisotopic (exact) mass is 621 g/mol. The molecule has 0 bridgehead atoms. The summed E-state index contributed by atoms with van der Waals surface area (Å²) in [4.78, 5) is 39.1. The zero-order chi connectivity index (χ0) is 32.2. The maximum atomic E-state index is 14.4. The van der Waals surface area contributed by atoms with Gasteiger partial charge in [0.1, 0.15) is 13.2 Å². The third kappa shape index (κ3) is 4.43. The summed E-state index contributed by atoms with van der Waals surface area (Å²) in [5, 5.41) is 0. The van der Waals surface area contributed by atoms with Crippen molar-refractivity contribution in [1.82, 2.24) is 0 Å². The van der Waals surface area contributed by atoms with Gasteiger partial charge in [0.25, 0.3) is 0 Å². The van der Waals surface area contributed by atoms with Crippen LogP contribution in [0.5, 0.6) is 28.7 Å². The summed E-state index contributed by atoms with van der Waals surface area (Å²) in [6.45, 7) is 0.226. The molecule has 4 aromatic carbocycles. The Bertz CT molecular complexity index is 1940. The van der Waals surface area contributed by atoms with E-state index < -0.39 is 17.4 Å². The van der Waals surface area contributed by atoms with Gasteiger partial charge >= 0.3 is 17.9 Å². The van der Waals surface area contributed by atoms with Crippen LogP contribution in [0.2, 0.25) is 0 Å². The molecule has 4 aromatic rings. The molecule has 2 heterocycles. The molecule has 2 aliphatic heterocycles. The van der Waals surface area contributed by atoms with E-state index in [0.717, 1.165) is 11.1 Å². The van der Waals surface area contributed by atoms with E-state index >= 15 is 0 Å². The van der Waals surface area contributed by atoms with E-state index in [0.29, 0.717) is 69.0 Å². The molecule has 0 aromatic heterocycles. The van der Waals surface area contributed by atoms with E-state index in [9.17, 15) is 14.4 Å². The van der Waals surface area contributed by atoms with Gasteiger partial charge in [0, 0.05) is 28.3 Å². The molecule has 0 amide bonds. The van der Waals surface area contributed by atoms with Gasteiger partial charge in [0.05, 0.1) is 45.0 Å². The summed E-state index contributed by atoms with van der Waals surface area (Å²) in [5.41, 5.74) is 4.39. The molecule has 0 N–H and O–H groups in total. The highest BCUT2D eigenvalue weighted by Crippen LogP contribution is 2.56. The first-order valence-electron chi connectivity index (χ1n) is 14.6. The van der Waals surface area contributed by atoms with E-state index in [2.05, 4.69) is 6.07 Å². The molecular formula is C36H29O10. The number of benzene rings is 4. The van der Waals surface area contributed by atoms with Crippen molar-refractivity contribution in [3.63, 3.8) is 0 Å². The lowest BCUT2D eigenvalue weighted by Gasteiger charge is -2.23. The normalized spacial score (nSPS) is 15.3. The minimum Gasteiger partial charge on any atom is -0.493 e. The lowest BCUT2D eigenvalue weighted by molar-refractivity contribution is -0.137. The lowest BCUT2D eigenvalue weighted by atomic mass is 9.89. The molecule has 10 nitrogen and oxygen atoms in total. The van der Waals surface area contributed by atoms with Gasteiger partial charge in [-0.15, -0.1) is 0 Å². The molecule has 1 aliphatic carbocycles. The largest absolute Gasteiger partial charge is 0.493 e. The molecule has 1 saturated carbocycles. The number of fused-ring (bicyclic) bond motifs is 2. The number of carbonyl (C=O) groups excluding carboxylic acids is 3. The van der Waals surface area contributed by atoms with Gasteiger partial charge < -0.3 is 33.2 Å². The number of hydrogen-bond acceptors (Lipinski definition) is 10. The van der Waals surface area contributed by atoms with E-state index in [1.807, 2.05) is 18.2 Å². The van der Waals surface area contributed by atoms with Crippen LogP contribution in [0.25, 0.3) is 22.3 Å². The van der Waals surface area contributed by atoms with Crippen LogP contribution in [0, 0.1) is 6.07 Å². The fourth-order valence-corrected chi connectivity index (χ4v) is 6.31. The van der Waals surface area contributed by atoms with Crippen molar-refractivity contribution >= 4 is 17.9 Å². The average Bonchev–Trinajstić information content (AvgIpc) is 3.69. The minimum atomic E-state index is -1.09. The topological polar surface area (TPSA) is 116 Å². The van der Waals surface area contributed by atoms with Crippen LogP contribution in [0.15, 0.2) is 54.6 Å². The van der Waals surface area contributed by atoms with Gasteiger partial charge in [0.2, 0.25) is 5.75 Å². The Morgan fingerprint density at radius 3 is 1.89 bits per heavy atom. The van der Waals surface area contributed by atoms with Crippen LogP contribution < -0.4 is 23.7 Å². The first kappa shape index (κ1) is 29.2. The number of rotatable bonds is 9. The van der Waals surface area contributed by atoms with E-state index in [4.69, 9.17) is 33.2 Å². The summed E-state index contributed by atoms with van der Waals surface area (Å²) in [7, 11) is 5.97. The summed E-state index contributed by atoms with van der Waals surface area (Å²) in [6, 6.07) is 19.2. The Labute approximate surface area is 264 Å². The van der Waals surface area contributed by atoms with Crippen molar-refractivity contribution in [1.29, 1.82) is 0 Å². The smallest absolute Gasteiger partial charge is 0.338 e. The average molecular weight is 622 g/mol. The summed E-state index contributed by atoms with van der Waals surface area (Å²) < 4.78 is 39.7. The SMILES string of the molecule is COc1[c]c(-c2cccc3c2COC3=O)cc(C2(C(=O)Oc3c(-c4cccc5c4COC5=O)ccc(OC)c3OC)CC2)c1OC. The second kappa shape index (κ2) is 11.1. The first-order chi connectivity index (χ1) is 22.3. The molecule has 0 atom stereocenters. The molecule has 233 valence electrons. The molecule has 7 rings (SSSR count). The molecule has 0 spiro atoms. The Kier molecular flexibility index (Phi) is 7.07. The quantitative estimate of drug-likeness (QED) is 0.167. The van der Waals surface area contributed by atoms with Gasteiger partial charge in [-0.05, 0) is 59.9 Å². The van der Waals surface area contributed by atoms with Crippen molar-refractivity contribution < 1.29 is 47.5 Å². The first-order valence-corrected chi connectivity index (χ1v) is 14.6. The zero-order valence-electron chi connectivity index (χ0n) is 25.6. The minimum absolute atomic E-state index is 0.0934. The van der Waals surface area contributed by atoms with Crippen LogP contribution in [0.1, 0.15) is 50.2 Å². The highest BCUT2D eigenvalue weighted by atomic mass is 16.6. The summed E-state index contributed by atoms with van der Waals surface area (Å²) >= 11 is 0. The maximum absolute atomic E-state index is 14.4. The fourth-order valence-electron chi connectivity index (χ4n) is 6.31. The Morgan fingerprint density at radius 1 is 0.696 bits per heavy atom. The van der Waals surface area contributed by atoms with Gasteiger partial charge in [-0.25, -0.2) is 9.59 Å². The summed E-state index contributed by atoms with van der Waals surface area (Å²) in [6.07, 6.45) is 0.960. The van der Waals surface area contributed by atoms with Crippen molar-refractivity contribution in [3.8, 4) is 51.0 Å². The van der Waals surface area contributed by atoms with Gasteiger partial charge in [-0.1, -0.05) is 24.3 Å². The van der Waals surface area contributed by atoms with Gasteiger partial charge in [0.15, 0.2) is 23.0 Å². The van der Waals surface area contributed by atoms with Gasteiger partial charge in [-0.2, -0.15) is 0 Å². The number of ether oxygens (including phenoxy) is 7. The second-order valence-corrected chi connectivity index (χ2v) is 11.1. The van der Waals surface area contributed by atoms with Crippen molar-refractivity contribution in [2.75, 3.05) is 28.4 Å². The third-order valence-electron chi connectivity index (χ3n) is 8.81. The molecule has 10 heteroatoms. The predicted molar refractivity (Wildman–Crippen MR) is 164 cm³/mol. The zero-order valence-corrected chi connectivity index (χ0v) is 25.6. The third-order valence-corrected chi connectivity index (χ3v) is 8.81.